The maximum atomic E-state index is 6.09. The number of anilines is 1. The average Bonchev–Trinajstić information content (AvgIpc) is 2.59. The Morgan fingerprint density at radius 2 is 2.33 bits per heavy atom. The highest BCUT2D eigenvalue weighted by Gasteiger charge is 2.24. The largest absolute Gasteiger partial charge is 0.493 e. The van der Waals surface area contributed by atoms with Gasteiger partial charge < -0.3 is 15.4 Å². The van der Waals surface area contributed by atoms with Crippen LogP contribution in [0.2, 0.25) is 0 Å². The summed E-state index contributed by atoms with van der Waals surface area (Å²) in [5, 5.41) is 0. The minimum absolute atomic E-state index is 0.146. The maximum absolute atomic E-state index is 6.09. The molecule has 0 fully saturated rings. The zero-order valence-electron chi connectivity index (χ0n) is 8.99. The van der Waals surface area contributed by atoms with Crippen molar-refractivity contribution in [2.75, 3.05) is 25.1 Å². The van der Waals surface area contributed by atoms with Gasteiger partial charge in [-0.1, -0.05) is 0 Å². The first kappa shape index (κ1) is 9.04. The molecule has 15 heavy (non-hydrogen) atoms. The third-order valence-electron chi connectivity index (χ3n) is 3.42. The highest BCUT2D eigenvalue weighted by Crippen LogP contribution is 2.38. The molecule has 0 saturated heterocycles. The maximum Gasteiger partial charge on any atom is 0.124 e. The molecule has 2 aliphatic rings. The van der Waals surface area contributed by atoms with Crippen LogP contribution in [0, 0.1) is 0 Å². The van der Waals surface area contributed by atoms with Crippen molar-refractivity contribution < 1.29 is 4.74 Å². The van der Waals surface area contributed by atoms with Gasteiger partial charge >= 0.3 is 0 Å². The summed E-state index contributed by atoms with van der Waals surface area (Å²) in [4.78, 5) is 2.29. The van der Waals surface area contributed by atoms with Crippen molar-refractivity contribution in [2.45, 2.75) is 18.9 Å². The van der Waals surface area contributed by atoms with Gasteiger partial charge in [0, 0.05) is 37.3 Å². The van der Waals surface area contributed by atoms with Crippen LogP contribution in [0.3, 0.4) is 0 Å². The zero-order chi connectivity index (χ0) is 10.4. The number of ether oxygens (including phenoxy) is 1. The van der Waals surface area contributed by atoms with Gasteiger partial charge in [-0.25, -0.2) is 0 Å². The lowest BCUT2D eigenvalue weighted by atomic mass is 9.98. The number of likely N-dealkylation sites (N-methyl/N-ethyl adjacent to an activating group) is 1. The number of hydrogen-bond acceptors (Lipinski definition) is 3. The summed E-state index contributed by atoms with van der Waals surface area (Å²) in [6.45, 7) is 1.86. The quantitative estimate of drug-likeness (QED) is 0.695. The first-order valence-corrected chi connectivity index (χ1v) is 5.52. The molecule has 1 unspecified atom stereocenters. The van der Waals surface area contributed by atoms with Crippen molar-refractivity contribution in [3.05, 3.63) is 23.3 Å². The molecule has 0 aromatic heterocycles. The highest BCUT2D eigenvalue weighted by molar-refractivity contribution is 5.63. The van der Waals surface area contributed by atoms with E-state index in [0.717, 1.165) is 31.7 Å². The van der Waals surface area contributed by atoms with Crippen LogP contribution in [-0.2, 0) is 6.42 Å². The molecule has 0 bridgehead atoms. The van der Waals surface area contributed by atoms with E-state index in [0.29, 0.717) is 0 Å². The molecule has 3 nitrogen and oxygen atoms in total. The number of rotatable bonds is 0. The molecule has 1 atom stereocenters. The Bertz CT molecular complexity index is 403. The van der Waals surface area contributed by atoms with Crippen molar-refractivity contribution in [1.82, 2.24) is 0 Å². The minimum Gasteiger partial charge on any atom is -0.493 e. The number of nitrogens with two attached hydrogens (primary N) is 1. The van der Waals surface area contributed by atoms with Crippen LogP contribution in [0.1, 0.15) is 23.6 Å². The number of fused-ring (bicyclic) bond motifs is 2. The van der Waals surface area contributed by atoms with Crippen molar-refractivity contribution in [1.29, 1.82) is 0 Å². The van der Waals surface area contributed by atoms with E-state index in [1.54, 1.807) is 0 Å². The standard InChI is InChI=1S/C12H16N2O/c1-14-4-2-8-6-12-9(7-11(8)14)10(13)3-5-15-12/h6-7,10H,2-5,13H2,1H3. The average molecular weight is 204 g/mol. The smallest absolute Gasteiger partial charge is 0.124 e. The summed E-state index contributed by atoms with van der Waals surface area (Å²) >= 11 is 0. The zero-order valence-corrected chi connectivity index (χ0v) is 8.99. The highest BCUT2D eigenvalue weighted by atomic mass is 16.5. The Kier molecular flexibility index (Phi) is 1.89. The molecule has 0 radical (unpaired) electrons. The van der Waals surface area contributed by atoms with Crippen molar-refractivity contribution in [3.8, 4) is 5.75 Å². The van der Waals surface area contributed by atoms with Crippen molar-refractivity contribution in [2.24, 2.45) is 5.73 Å². The summed E-state index contributed by atoms with van der Waals surface area (Å²) in [5.74, 6) is 1.00. The molecule has 2 heterocycles. The molecule has 0 spiro atoms. The Morgan fingerprint density at radius 1 is 1.47 bits per heavy atom. The Labute approximate surface area is 89.8 Å². The first-order chi connectivity index (χ1) is 7.25. The van der Waals surface area contributed by atoms with Crippen LogP contribution < -0.4 is 15.4 Å². The lowest BCUT2D eigenvalue weighted by Crippen LogP contribution is -2.21. The monoisotopic (exact) mass is 204 g/mol. The Hall–Kier alpha value is -1.22. The Morgan fingerprint density at radius 3 is 3.20 bits per heavy atom. The van der Waals surface area contributed by atoms with Gasteiger partial charge in [-0.3, -0.25) is 0 Å². The summed E-state index contributed by atoms with van der Waals surface area (Å²) in [6, 6.07) is 4.53. The normalized spacial score (nSPS) is 23.3. The second-order valence-electron chi connectivity index (χ2n) is 4.43. The second kappa shape index (κ2) is 3.14. The number of nitrogens with zero attached hydrogens (tertiary/aromatic N) is 1. The van der Waals surface area contributed by atoms with Gasteiger partial charge in [0.1, 0.15) is 5.75 Å². The molecule has 0 aliphatic carbocycles. The summed E-state index contributed by atoms with van der Waals surface area (Å²) in [5.41, 5.74) is 9.98. The van der Waals surface area contributed by atoms with E-state index in [2.05, 4.69) is 24.1 Å². The van der Waals surface area contributed by atoms with Crippen LogP contribution in [0.5, 0.6) is 5.75 Å². The fraction of sp³-hybridized carbons (Fsp3) is 0.500. The van der Waals surface area contributed by atoms with Gasteiger partial charge in [-0.05, 0) is 24.1 Å². The van der Waals surface area contributed by atoms with Gasteiger partial charge in [-0.2, -0.15) is 0 Å². The van der Waals surface area contributed by atoms with E-state index in [1.165, 1.54) is 16.8 Å². The minimum atomic E-state index is 0.146. The van der Waals surface area contributed by atoms with E-state index in [9.17, 15) is 0 Å². The predicted molar refractivity (Wildman–Crippen MR) is 60.5 cm³/mol. The van der Waals surface area contributed by atoms with Crippen LogP contribution in [0.4, 0.5) is 5.69 Å². The van der Waals surface area contributed by atoms with E-state index in [-0.39, 0.29) is 6.04 Å². The molecule has 80 valence electrons. The van der Waals surface area contributed by atoms with Gasteiger partial charge in [0.15, 0.2) is 0 Å². The molecule has 1 aromatic carbocycles. The molecule has 3 heteroatoms. The predicted octanol–water partition coefficient (Wildman–Crippen LogP) is 1.46. The molecule has 1 aromatic rings. The number of hydrogen-bond donors (Lipinski definition) is 1. The third kappa shape index (κ3) is 1.30. The van der Waals surface area contributed by atoms with Crippen molar-refractivity contribution >= 4 is 5.69 Å². The molecular formula is C12H16N2O. The summed E-state index contributed by atoms with van der Waals surface area (Å²) < 4.78 is 5.66. The van der Waals surface area contributed by atoms with E-state index in [4.69, 9.17) is 10.5 Å². The third-order valence-corrected chi connectivity index (χ3v) is 3.42. The van der Waals surface area contributed by atoms with Crippen LogP contribution in [-0.4, -0.2) is 20.2 Å². The topological polar surface area (TPSA) is 38.5 Å². The fourth-order valence-corrected chi connectivity index (χ4v) is 2.46. The molecule has 2 N–H and O–H groups in total. The van der Waals surface area contributed by atoms with E-state index in [1.807, 2.05) is 0 Å². The van der Waals surface area contributed by atoms with Gasteiger partial charge in [0.25, 0.3) is 0 Å². The lowest BCUT2D eigenvalue weighted by Gasteiger charge is -2.24. The van der Waals surface area contributed by atoms with E-state index >= 15 is 0 Å². The second-order valence-corrected chi connectivity index (χ2v) is 4.43. The summed E-state index contributed by atoms with van der Waals surface area (Å²) in [6.07, 6.45) is 2.05. The van der Waals surface area contributed by atoms with Gasteiger partial charge in [0.2, 0.25) is 0 Å². The molecule has 0 amide bonds. The molecule has 0 saturated carbocycles. The Balaban J connectivity index is 2.13. The van der Waals surface area contributed by atoms with Crippen LogP contribution in [0.15, 0.2) is 12.1 Å². The first-order valence-electron chi connectivity index (χ1n) is 5.52. The van der Waals surface area contributed by atoms with Crippen LogP contribution in [0.25, 0.3) is 0 Å². The molecule has 3 rings (SSSR count). The van der Waals surface area contributed by atoms with Gasteiger partial charge in [-0.15, -0.1) is 0 Å². The van der Waals surface area contributed by atoms with Crippen molar-refractivity contribution in [3.63, 3.8) is 0 Å². The van der Waals surface area contributed by atoms with Gasteiger partial charge in [0.05, 0.1) is 6.61 Å². The summed E-state index contributed by atoms with van der Waals surface area (Å²) in [7, 11) is 2.13. The molecular weight excluding hydrogens is 188 g/mol. The number of benzene rings is 1. The fourth-order valence-electron chi connectivity index (χ4n) is 2.46. The lowest BCUT2D eigenvalue weighted by molar-refractivity contribution is 0.269. The van der Waals surface area contributed by atoms with E-state index < -0.39 is 0 Å². The molecule has 2 aliphatic heterocycles. The van der Waals surface area contributed by atoms with Crippen LogP contribution >= 0.6 is 0 Å². The SMILES string of the molecule is CN1CCc2cc3c(cc21)C(N)CCO3.